The van der Waals surface area contributed by atoms with Crippen molar-refractivity contribution in [2.75, 3.05) is 45.2 Å². The topological polar surface area (TPSA) is 31.4 Å². The minimum absolute atomic E-state index is 0.923. The first-order chi connectivity index (χ1) is 10.1. The molecule has 0 aromatic carbocycles. The van der Waals surface area contributed by atoms with Crippen LogP contribution >= 0.6 is 0 Å². The SMILES string of the molecule is CCCN(CCN(C)C)c1cc(CNCC)cc(CC)n1. The van der Waals surface area contributed by atoms with Gasteiger partial charge in [0.25, 0.3) is 0 Å². The van der Waals surface area contributed by atoms with Gasteiger partial charge in [0.05, 0.1) is 0 Å². The van der Waals surface area contributed by atoms with E-state index >= 15 is 0 Å². The van der Waals surface area contributed by atoms with E-state index in [2.05, 4.69) is 62.1 Å². The fourth-order valence-corrected chi connectivity index (χ4v) is 2.28. The molecule has 0 aliphatic carbocycles. The summed E-state index contributed by atoms with van der Waals surface area (Å²) in [5.74, 6) is 1.13. The fraction of sp³-hybridized carbons (Fsp3) is 0.706. The third-order valence-electron chi connectivity index (χ3n) is 3.50. The number of anilines is 1. The van der Waals surface area contributed by atoms with Crippen LogP contribution in [0.1, 0.15) is 38.4 Å². The third kappa shape index (κ3) is 6.44. The molecule has 0 fully saturated rings. The second-order valence-corrected chi connectivity index (χ2v) is 5.75. The molecule has 1 N–H and O–H groups in total. The molecule has 0 saturated heterocycles. The zero-order valence-electron chi connectivity index (χ0n) is 14.4. The average Bonchev–Trinajstić information content (AvgIpc) is 2.48. The van der Waals surface area contributed by atoms with Crippen LogP contribution in [0.2, 0.25) is 0 Å². The molecular formula is C17H32N4. The predicted molar refractivity (Wildman–Crippen MR) is 92.1 cm³/mol. The molecule has 0 bridgehead atoms. The molecule has 4 heteroatoms. The summed E-state index contributed by atoms with van der Waals surface area (Å²) in [6.07, 6.45) is 2.13. The zero-order chi connectivity index (χ0) is 15.7. The molecule has 1 aromatic rings. The van der Waals surface area contributed by atoms with Crippen molar-refractivity contribution in [2.45, 2.75) is 40.2 Å². The molecule has 0 unspecified atom stereocenters. The van der Waals surface area contributed by atoms with Crippen LogP contribution < -0.4 is 10.2 Å². The summed E-state index contributed by atoms with van der Waals surface area (Å²) < 4.78 is 0. The van der Waals surface area contributed by atoms with Gasteiger partial charge in [-0.25, -0.2) is 4.98 Å². The van der Waals surface area contributed by atoms with Crippen LogP contribution in [0.3, 0.4) is 0 Å². The molecule has 1 heterocycles. The maximum atomic E-state index is 4.84. The Morgan fingerprint density at radius 2 is 1.81 bits per heavy atom. The van der Waals surface area contributed by atoms with Crippen molar-refractivity contribution in [2.24, 2.45) is 0 Å². The highest BCUT2D eigenvalue weighted by Gasteiger charge is 2.10. The Bertz CT molecular complexity index is 404. The first-order valence-electron chi connectivity index (χ1n) is 8.20. The number of likely N-dealkylation sites (N-methyl/N-ethyl adjacent to an activating group) is 1. The van der Waals surface area contributed by atoms with E-state index in [1.54, 1.807) is 0 Å². The largest absolute Gasteiger partial charge is 0.355 e. The summed E-state index contributed by atoms with van der Waals surface area (Å²) in [5, 5.41) is 3.41. The molecule has 0 amide bonds. The number of pyridine rings is 1. The summed E-state index contributed by atoms with van der Waals surface area (Å²) in [6, 6.07) is 4.47. The van der Waals surface area contributed by atoms with Gasteiger partial charge in [-0.3, -0.25) is 0 Å². The van der Waals surface area contributed by atoms with Crippen molar-refractivity contribution in [3.05, 3.63) is 23.4 Å². The minimum Gasteiger partial charge on any atom is -0.355 e. The van der Waals surface area contributed by atoms with Crippen molar-refractivity contribution in [1.29, 1.82) is 0 Å². The molecule has 0 aliphatic rings. The van der Waals surface area contributed by atoms with Gasteiger partial charge in [-0.2, -0.15) is 0 Å². The lowest BCUT2D eigenvalue weighted by molar-refractivity contribution is 0.412. The maximum absolute atomic E-state index is 4.84. The molecule has 0 spiro atoms. The van der Waals surface area contributed by atoms with Crippen molar-refractivity contribution in [3.63, 3.8) is 0 Å². The Kier molecular flexibility index (Phi) is 8.31. The molecule has 21 heavy (non-hydrogen) atoms. The van der Waals surface area contributed by atoms with Crippen molar-refractivity contribution in [3.8, 4) is 0 Å². The summed E-state index contributed by atoms with van der Waals surface area (Å²) in [4.78, 5) is 9.48. The molecule has 0 saturated carbocycles. The standard InChI is InChI=1S/C17H32N4/c1-6-9-21(11-10-20(4)5)17-13-15(14-18-8-3)12-16(7-2)19-17/h12-13,18H,6-11,14H2,1-5H3. The fourth-order valence-electron chi connectivity index (χ4n) is 2.28. The summed E-state index contributed by atoms with van der Waals surface area (Å²) >= 11 is 0. The first kappa shape index (κ1) is 17.9. The van der Waals surface area contributed by atoms with Crippen LogP contribution in [-0.4, -0.2) is 50.2 Å². The van der Waals surface area contributed by atoms with Crippen LogP contribution in [0.5, 0.6) is 0 Å². The Balaban J connectivity index is 2.93. The molecule has 1 aromatic heterocycles. The molecule has 120 valence electrons. The van der Waals surface area contributed by atoms with Gasteiger partial charge in [0.1, 0.15) is 5.82 Å². The lowest BCUT2D eigenvalue weighted by Crippen LogP contribution is -2.33. The van der Waals surface area contributed by atoms with Gasteiger partial charge in [-0.1, -0.05) is 20.8 Å². The Hall–Kier alpha value is -1.13. The van der Waals surface area contributed by atoms with Gasteiger partial charge in [0, 0.05) is 31.9 Å². The molecule has 0 atom stereocenters. The van der Waals surface area contributed by atoms with E-state index in [9.17, 15) is 0 Å². The van der Waals surface area contributed by atoms with E-state index in [1.807, 2.05) is 0 Å². The number of rotatable bonds is 10. The Morgan fingerprint density at radius 1 is 1.05 bits per heavy atom. The number of hydrogen-bond acceptors (Lipinski definition) is 4. The van der Waals surface area contributed by atoms with Crippen molar-refractivity contribution < 1.29 is 0 Å². The summed E-state index contributed by atoms with van der Waals surface area (Å²) in [7, 11) is 4.24. The zero-order valence-corrected chi connectivity index (χ0v) is 14.4. The highest BCUT2D eigenvalue weighted by molar-refractivity contribution is 5.43. The number of aromatic nitrogens is 1. The number of hydrogen-bond donors (Lipinski definition) is 1. The minimum atomic E-state index is 0.923. The van der Waals surface area contributed by atoms with E-state index in [0.29, 0.717) is 0 Å². The van der Waals surface area contributed by atoms with Crippen molar-refractivity contribution >= 4 is 5.82 Å². The van der Waals surface area contributed by atoms with Crippen LogP contribution in [-0.2, 0) is 13.0 Å². The lowest BCUT2D eigenvalue weighted by Gasteiger charge is -2.26. The van der Waals surface area contributed by atoms with E-state index < -0.39 is 0 Å². The normalized spacial score (nSPS) is 11.1. The molecule has 0 aliphatic heterocycles. The average molecular weight is 292 g/mol. The van der Waals surface area contributed by atoms with Gasteiger partial charge in [-0.15, -0.1) is 0 Å². The predicted octanol–water partition coefficient (Wildman–Crippen LogP) is 2.53. The smallest absolute Gasteiger partial charge is 0.129 e. The molecule has 4 nitrogen and oxygen atoms in total. The molecule has 1 rings (SSSR count). The molecular weight excluding hydrogens is 260 g/mol. The number of nitrogens with zero attached hydrogens (tertiary/aromatic N) is 3. The van der Waals surface area contributed by atoms with E-state index in [0.717, 1.165) is 51.4 Å². The van der Waals surface area contributed by atoms with Gasteiger partial charge in [-0.05, 0) is 51.2 Å². The number of nitrogens with one attached hydrogen (secondary N) is 1. The highest BCUT2D eigenvalue weighted by Crippen LogP contribution is 2.16. The van der Waals surface area contributed by atoms with Crippen molar-refractivity contribution in [1.82, 2.24) is 15.2 Å². The van der Waals surface area contributed by atoms with E-state index in [1.165, 1.54) is 11.3 Å². The highest BCUT2D eigenvalue weighted by atomic mass is 15.2. The van der Waals surface area contributed by atoms with Gasteiger partial charge in [0.2, 0.25) is 0 Å². The van der Waals surface area contributed by atoms with Crippen LogP contribution in [0.4, 0.5) is 5.82 Å². The van der Waals surface area contributed by atoms with Gasteiger partial charge in [0.15, 0.2) is 0 Å². The van der Waals surface area contributed by atoms with Gasteiger partial charge < -0.3 is 15.1 Å². The third-order valence-corrected chi connectivity index (χ3v) is 3.50. The second-order valence-electron chi connectivity index (χ2n) is 5.75. The first-order valence-corrected chi connectivity index (χ1v) is 8.20. The summed E-state index contributed by atoms with van der Waals surface area (Å²) in [5.41, 5.74) is 2.52. The van der Waals surface area contributed by atoms with Crippen LogP contribution in [0.15, 0.2) is 12.1 Å². The van der Waals surface area contributed by atoms with Gasteiger partial charge >= 0.3 is 0 Å². The Morgan fingerprint density at radius 3 is 2.38 bits per heavy atom. The lowest BCUT2D eigenvalue weighted by atomic mass is 10.2. The van der Waals surface area contributed by atoms with E-state index in [4.69, 9.17) is 4.98 Å². The number of aryl methyl sites for hydroxylation is 1. The second kappa shape index (κ2) is 9.74. The maximum Gasteiger partial charge on any atom is 0.129 e. The monoisotopic (exact) mass is 292 g/mol. The molecule has 0 radical (unpaired) electrons. The Labute approximate surface area is 130 Å². The summed E-state index contributed by atoms with van der Waals surface area (Å²) in [6.45, 7) is 11.6. The quantitative estimate of drug-likeness (QED) is 0.718. The van der Waals surface area contributed by atoms with E-state index in [-0.39, 0.29) is 0 Å². The van der Waals surface area contributed by atoms with Crippen LogP contribution in [0.25, 0.3) is 0 Å². The van der Waals surface area contributed by atoms with Crippen LogP contribution in [0, 0.1) is 0 Å².